The van der Waals surface area contributed by atoms with Crippen LogP contribution >= 0.6 is 11.6 Å². The number of fused-ring (bicyclic) bond motifs is 1. The Morgan fingerprint density at radius 3 is 3.00 bits per heavy atom. The first-order valence-electron chi connectivity index (χ1n) is 6.25. The molecule has 0 saturated heterocycles. The van der Waals surface area contributed by atoms with E-state index in [-0.39, 0.29) is 18.2 Å². The summed E-state index contributed by atoms with van der Waals surface area (Å²) in [6.07, 6.45) is 0.620. The minimum absolute atomic E-state index is 0.174. The van der Waals surface area contributed by atoms with Crippen molar-refractivity contribution in [3.8, 4) is 5.75 Å². The molecule has 0 unspecified atom stereocenters. The summed E-state index contributed by atoms with van der Waals surface area (Å²) in [5.41, 5.74) is 3.31. The Morgan fingerprint density at radius 1 is 1.40 bits per heavy atom. The molecule has 104 valence electrons. The fraction of sp³-hybridized carbons (Fsp3) is 0.308. The molecule has 6 nitrogen and oxygen atoms in total. The van der Waals surface area contributed by atoms with Crippen LogP contribution in [0.1, 0.15) is 12.8 Å². The molecule has 0 fully saturated rings. The van der Waals surface area contributed by atoms with E-state index in [1.807, 2.05) is 0 Å². The molecule has 2 amide bonds. The van der Waals surface area contributed by atoms with Crippen molar-refractivity contribution in [3.63, 3.8) is 0 Å². The molecular formula is C13H12ClN3O3. The number of benzene rings is 1. The predicted octanol–water partition coefficient (Wildman–Crippen LogP) is 1.33. The van der Waals surface area contributed by atoms with Gasteiger partial charge in [0.2, 0.25) is 5.91 Å². The molecule has 0 radical (unpaired) electrons. The minimum atomic E-state index is -0.225. The van der Waals surface area contributed by atoms with Gasteiger partial charge in [-0.1, -0.05) is 11.6 Å². The number of nitrogens with zero attached hydrogens (tertiary/aromatic N) is 2. The average Bonchev–Trinajstić information content (AvgIpc) is 2.46. The quantitative estimate of drug-likeness (QED) is 0.849. The molecule has 1 N–H and O–H groups in total. The Kier molecular flexibility index (Phi) is 3.31. The summed E-state index contributed by atoms with van der Waals surface area (Å²) >= 11 is 5.97. The molecule has 1 aromatic rings. The Bertz CT molecular complexity index is 615. The number of amides is 2. The van der Waals surface area contributed by atoms with Crippen LogP contribution in [0.3, 0.4) is 0 Å². The van der Waals surface area contributed by atoms with Gasteiger partial charge < -0.3 is 9.64 Å². The third kappa shape index (κ3) is 2.34. The van der Waals surface area contributed by atoms with Gasteiger partial charge in [-0.05, 0) is 18.2 Å². The van der Waals surface area contributed by atoms with Crippen LogP contribution in [0.25, 0.3) is 0 Å². The van der Waals surface area contributed by atoms with Crippen LogP contribution in [0.5, 0.6) is 5.75 Å². The zero-order valence-corrected chi connectivity index (χ0v) is 11.3. The number of nitrogens with one attached hydrogen (secondary N) is 1. The van der Waals surface area contributed by atoms with E-state index in [1.165, 1.54) is 0 Å². The summed E-state index contributed by atoms with van der Waals surface area (Å²) < 4.78 is 5.50. The first-order valence-corrected chi connectivity index (χ1v) is 6.62. The SMILES string of the molecule is O=C1CCC(C(=O)N2CCOc3ccc(Cl)cc32)=NN1. The van der Waals surface area contributed by atoms with Gasteiger partial charge in [0.25, 0.3) is 5.91 Å². The van der Waals surface area contributed by atoms with Gasteiger partial charge in [0, 0.05) is 17.9 Å². The van der Waals surface area contributed by atoms with Gasteiger partial charge in [-0.2, -0.15) is 5.10 Å². The highest BCUT2D eigenvalue weighted by atomic mass is 35.5. The molecule has 0 bridgehead atoms. The Morgan fingerprint density at radius 2 is 2.25 bits per heavy atom. The second-order valence-electron chi connectivity index (χ2n) is 4.51. The number of anilines is 1. The van der Waals surface area contributed by atoms with Crippen molar-refractivity contribution in [1.29, 1.82) is 0 Å². The lowest BCUT2D eigenvalue weighted by Gasteiger charge is -2.30. The highest BCUT2D eigenvalue weighted by Gasteiger charge is 2.28. The standard InChI is InChI=1S/C13H12ClN3O3/c14-8-1-3-11-10(7-8)17(5-6-20-11)13(19)9-2-4-12(18)16-15-9/h1,3,7H,2,4-6H2,(H,16,18). The number of ether oxygens (including phenoxy) is 1. The van der Waals surface area contributed by atoms with E-state index in [2.05, 4.69) is 10.5 Å². The van der Waals surface area contributed by atoms with Crippen molar-refractivity contribution >= 4 is 34.8 Å². The summed E-state index contributed by atoms with van der Waals surface area (Å²) in [5.74, 6) is 0.221. The molecule has 0 aliphatic carbocycles. The van der Waals surface area contributed by atoms with Crippen molar-refractivity contribution in [2.24, 2.45) is 5.10 Å². The second-order valence-corrected chi connectivity index (χ2v) is 4.95. The highest BCUT2D eigenvalue weighted by Crippen LogP contribution is 2.34. The molecule has 2 aliphatic heterocycles. The Hall–Kier alpha value is -2.08. The van der Waals surface area contributed by atoms with Crippen molar-refractivity contribution in [1.82, 2.24) is 5.43 Å². The third-order valence-corrected chi connectivity index (χ3v) is 3.42. The van der Waals surface area contributed by atoms with Crippen molar-refractivity contribution in [2.45, 2.75) is 12.8 Å². The van der Waals surface area contributed by atoms with Crippen LogP contribution in [0, 0.1) is 0 Å². The van der Waals surface area contributed by atoms with Crippen LogP contribution < -0.4 is 15.1 Å². The second kappa shape index (κ2) is 5.13. The number of hydrazone groups is 1. The maximum absolute atomic E-state index is 12.5. The van der Waals surface area contributed by atoms with Crippen LogP contribution in [-0.4, -0.2) is 30.7 Å². The molecule has 3 rings (SSSR count). The van der Waals surface area contributed by atoms with E-state index in [0.29, 0.717) is 41.7 Å². The molecule has 2 heterocycles. The van der Waals surface area contributed by atoms with E-state index in [1.54, 1.807) is 23.1 Å². The van der Waals surface area contributed by atoms with Crippen molar-refractivity contribution in [3.05, 3.63) is 23.2 Å². The lowest BCUT2D eigenvalue weighted by atomic mass is 10.1. The first-order chi connectivity index (χ1) is 9.65. The van der Waals surface area contributed by atoms with E-state index in [4.69, 9.17) is 16.3 Å². The summed E-state index contributed by atoms with van der Waals surface area (Å²) in [7, 11) is 0. The molecule has 2 aliphatic rings. The summed E-state index contributed by atoms with van der Waals surface area (Å²) in [6.45, 7) is 0.846. The molecule has 0 saturated carbocycles. The lowest BCUT2D eigenvalue weighted by Crippen LogP contribution is -2.44. The van der Waals surface area contributed by atoms with Crippen LogP contribution in [-0.2, 0) is 9.59 Å². The van der Waals surface area contributed by atoms with E-state index < -0.39 is 0 Å². The molecule has 20 heavy (non-hydrogen) atoms. The number of carbonyl (C=O) groups is 2. The van der Waals surface area contributed by atoms with Crippen molar-refractivity contribution < 1.29 is 14.3 Å². The molecule has 0 aromatic heterocycles. The smallest absolute Gasteiger partial charge is 0.274 e. The lowest BCUT2D eigenvalue weighted by molar-refractivity contribution is -0.121. The minimum Gasteiger partial charge on any atom is -0.490 e. The van der Waals surface area contributed by atoms with Gasteiger partial charge >= 0.3 is 0 Å². The molecule has 0 atom stereocenters. The largest absolute Gasteiger partial charge is 0.490 e. The number of carbonyl (C=O) groups excluding carboxylic acids is 2. The van der Waals surface area contributed by atoms with Gasteiger partial charge in [-0.3, -0.25) is 9.59 Å². The number of hydrogen-bond acceptors (Lipinski definition) is 4. The van der Waals surface area contributed by atoms with Gasteiger partial charge in [-0.15, -0.1) is 0 Å². The Balaban J connectivity index is 1.90. The van der Waals surface area contributed by atoms with Crippen molar-refractivity contribution in [2.75, 3.05) is 18.1 Å². The van der Waals surface area contributed by atoms with Crippen LogP contribution in [0.2, 0.25) is 5.02 Å². The zero-order chi connectivity index (χ0) is 14.1. The van der Waals surface area contributed by atoms with Crippen LogP contribution in [0.15, 0.2) is 23.3 Å². The van der Waals surface area contributed by atoms with Gasteiger partial charge in [0.15, 0.2) is 0 Å². The zero-order valence-electron chi connectivity index (χ0n) is 10.6. The number of halogens is 1. The number of rotatable bonds is 1. The molecular weight excluding hydrogens is 282 g/mol. The average molecular weight is 294 g/mol. The molecule has 0 spiro atoms. The molecule has 7 heteroatoms. The highest BCUT2D eigenvalue weighted by molar-refractivity contribution is 6.44. The maximum atomic E-state index is 12.5. The fourth-order valence-corrected chi connectivity index (χ4v) is 2.35. The summed E-state index contributed by atoms with van der Waals surface area (Å²) in [5, 5.41) is 4.37. The van der Waals surface area contributed by atoms with E-state index in [9.17, 15) is 9.59 Å². The first kappa shape index (κ1) is 12.9. The molecule has 1 aromatic carbocycles. The van der Waals surface area contributed by atoms with Gasteiger partial charge in [-0.25, -0.2) is 5.43 Å². The summed E-state index contributed by atoms with van der Waals surface area (Å²) in [6, 6.07) is 5.14. The van der Waals surface area contributed by atoms with E-state index in [0.717, 1.165) is 0 Å². The summed E-state index contributed by atoms with van der Waals surface area (Å²) in [4.78, 5) is 25.1. The topological polar surface area (TPSA) is 71.0 Å². The fourth-order valence-electron chi connectivity index (χ4n) is 2.19. The van der Waals surface area contributed by atoms with Gasteiger partial charge in [0.05, 0.1) is 12.2 Å². The normalized spacial score (nSPS) is 17.8. The predicted molar refractivity (Wildman–Crippen MR) is 74.1 cm³/mol. The maximum Gasteiger partial charge on any atom is 0.274 e. The van der Waals surface area contributed by atoms with E-state index >= 15 is 0 Å². The van der Waals surface area contributed by atoms with Gasteiger partial charge in [0.1, 0.15) is 18.1 Å². The number of hydrogen-bond donors (Lipinski definition) is 1. The van der Waals surface area contributed by atoms with Crippen LogP contribution in [0.4, 0.5) is 5.69 Å². The third-order valence-electron chi connectivity index (χ3n) is 3.18. The monoisotopic (exact) mass is 293 g/mol. The Labute approximate surface area is 120 Å².